The van der Waals surface area contributed by atoms with E-state index < -0.39 is 13.6 Å². The zero-order valence-electron chi connectivity index (χ0n) is 19.3. The summed E-state index contributed by atoms with van der Waals surface area (Å²) in [6.45, 7) is 14.9. The van der Waals surface area contributed by atoms with Crippen molar-refractivity contribution < 1.29 is 14.7 Å². The number of carbonyl (C=O) groups excluding carboxylic acids is 2. The summed E-state index contributed by atoms with van der Waals surface area (Å²) in [5, 5.41) is 22.8. The van der Waals surface area contributed by atoms with Gasteiger partial charge in [0.25, 0.3) is 0 Å². The molecule has 30 heavy (non-hydrogen) atoms. The van der Waals surface area contributed by atoms with Crippen LogP contribution >= 0.6 is 0 Å². The molecule has 0 bridgehead atoms. The number of H-pyrrole nitrogens is 1. The summed E-state index contributed by atoms with van der Waals surface area (Å²) in [6, 6.07) is -0.535. The highest BCUT2D eigenvalue weighted by Crippen LogP contribution is 2.56. The summed E-state index contributed by atoms with van der Waals surface area (Å²) >= 11 is 0. The van der Waals surface area contributed by atoms with Gasteiger partial charge >= 0.3 is 6.03 Å². The van der Waals surface area contributed by atoms with Gasteiger partial charge in [0.05, 0.1) is 38.5 Å². The standard InChI is InChI=1S/C21H37N5O3Si/c1-13(2)15(12-27)22-19(29)26-11-14-16(20(26,3)4)24-25-17(14)23-18(28)21(9-8-10-21)30(5,6)7/h13,15,27H,8-12H2,1-7H3,(H,22,29)(H2,23,24,25,28). The van der Waals surface area contributed by atoms with Gasteiger partial charge in [0.15, 0.2) is 5.82 Å². The second-order valence-corrected chi connectivity index (χ2v) is 16.2. The molecule has 1 aliphatic carbocycles. The van der Waals surface area contributed by atoms with E-state index in [9.17, 15) is 14.7 Å². The van der Waals surface area contributed by atoms with Crippen LogP contribution in [0.1, 0.15) is 58.2 Å². The Kier molecular flexibility index (Phi) is 5.83. The Balaban J connectivity index is 1.80. The number of rotatable bonds is 6. The number of hydrogen-bond acceptors (Lipinski definition) is 4. The minimum atomic E-state index is -1.69. The van der Waals surface area contributed by atoms with E-state index >= 15 is 0 Å². The molecule has 0 spiro atoms. The monoisotopic (exact) mass is 435 g/mol. The summed E-state index contributed by atoms with van der Waals surface area (Å²) in [7, 11) is -1.69. The molecular weight excluding hydrogens is 398 g/mol. The van der Waals surface area contributed by atoms with Gasteiger partial charge in [-0.25, -0.2) is 4.79 Å². The number of aromatic amines is 1. The third kappa shape index (κ3) is 3.55. The van der Waals surface area contributed by atoms with E-state index in [1.807, 2.05) is 27.7 Å². The van der Waals surface area contributed by atoms with Crippen molar-refractivity contribution >= 4 is 25.8 Å². The first-order valence-corrected chi connectivity index (χ1v) is 14.4. The number of fused-ring (bicyclic) bond motifs is 1. The number of carbonyl (C=O) groups is 2. The molecule has 2 aliphatic rings. The van der Waals surface area contributed by atoms with Gasteiger partial charge in [0.2, 0.25) is 5.91 Å². The lowest BCUT2D eigenvalue weighted by molar-refractivity contribution is -0.121. The molecule has 3 amide bonds. The van der Waals surface area contributed by atoms with Crippen molar-refractivity contribution in [3.05, 3.63) is 11.3 Å². The summed E-state index contributed by atoms with van der Waals surface area (Å²) in [5.41, 5.74) is 1.10. The largest absolute Gasteiger partial charge is 0.394 e. The Bertz CT molecular complexity index is 823. The zero-order chi connectivity index (χ0) is 22.5. The van der Waals surface area contributed by atoms with E-state index in [1.54, 1.807) is 4.90 Å². The first-order valence-electron chi connectivity index (χ1n) is 10.9. The fourth-order valence-corrected chi connectivity index (χ4v) is 7.28. The predicted molar refractivity (Wildman–Crippen MR) is 120 cm³/mol. The second kappa shape index (κ2) is 7.67. The lowest BCUT2D eigenvalue weighted by atomic mass is 9.83. The molecule has 1 atom stereocenters. The minimum absolute atomic E-state index is 0.0723. The third-order valence-corrected chi connectivity index (χ3v) is 10.9. The van der Waals surface area contributed by atoms with Crippen LogP contribution < -0.4 is 10.6 Å². The Labute approximate surface area is 180 Å². The van der Waals surface area contributed by atoms with Crippen molar-refractivity contribution in [1.82, 2.24) is 20.4 Å². The molecule has 2 heterocycles. The average molecular weight is 436 g/mol. The highest BCUT2D eigenvalue weighted by atomic mass is 28.3. The topological polar surface area (TPSA) is 110 Å². The number of aliphatic hydroxyl groups is 1. The van der Waals surface area contributed by atoms with Crippen LogP contribution in [-0.2, 0) is 16.9 Å². The van der Waals surface area contributed by atoms with E-state index in [-0.39, 0.29) is 35.5 Å². The van der Waals surface area contributed by atoms with E-state index in [0.717, 1.165) is 30.5 Å². The summed E-state index contributed by atoms with van der Waals surface area (Å²) < 4.78 is 0. The fourth-order valence-electron chi connectivity index (χ4n) is 4.68. The molecule has 0 aromatic carbocycles. The molecule has 1 aromatic rings. The van der Waals surface area contributed by atoms with Gasteiger partial charge in [0.1, 0.15) is 0 Å². The molecule has 3 rings (SSSR count). The number of nitrogens with zero attached hydrogens (tertiary/aromatic N) is 2. The average Bonchev–Trinajstić information content (AvgIpc) is 3.08. The van der Waals surface area contributed by atoms with Gasteiger partial charge in [-0.2, -0.15) is 5.10 Å². The number of urea groups is 1. The number of aliphatic hydroxyl groups excluding tert-OH is 1. The number of nitrogens with one attached hydrogen (secondary N) is 3. The van der Waals surface area contributed by atoms with Gasteiger partial charge in [-0.1, -0.05) is 39.9 Å². The zero-order valence-corrected chi connectivity index (χ0v) is 20.3. The van der Waals surface area contributed by atoms with Crippen molar-refractivity contribution in [1.29, 1.82) is 0 Å². The lowest BCUT2D eigenvalue weighted by Crippen LogP contribution is -2.52. The lowest BCUT2D eigenvalue weighted by Gasteiger charge is -2.48. The van der Waals surface area contributed by atoms with Gasteiger partial charge in [-0.05, 0) is 32.6 Å². The molecule has 8 nitrogen and oxygen atoms in total. The maximum Gasteiger partial charge on any atom is 0.318 e. The molecule has 1 fully saturated rings. The molecule has 0 saturated heterocycles. The van der Waals surface area contributed by atoms with Crippen LogP contribution in [0, 0.1) is 5.92 Å². The molecular formula is C21H37N5O3Si. The maximum atomic E-state index is 13.2. The molecule has 1 unspecified atom stereocenters. The Morgan fingerprint density at radius 1 is 1.27 bits per heavy atom. The van der Waals surface area contributed by atoms with Crippen molar-refractivity contribution in [3.63, 3.8) is 0 Å². The highest BCUT2D eigenvalue weighted by Gasteiger charge is 2.54. The van der Waals surface area contributed by atoms with Crippen LogP contribution in [0.5, 0.6) is 0 Å². The molecule has 1 aliphatic heterocycles. The number of anilines is 1. The summed E-state index contributed by atoms with van der Waals surface area (Å²) in [4.78, 5) is 27.9. The van der Waals surface area contributed by atoms with E-state index in [0.29, 0.717) is 12.4 Å². The van der Waals surface area contributed by atoms with Crippen molar-refractivity contribution in [2.45, 2.75) is 89.8 Å². The first-order chi connectivity index (χ1) is 13.8. The van der Waals surface area contributed by atoms with E-state index in [1.165, 1.54) is 0 Å². The Morgan fingerprint density at radius 3 is 2.37 bits per heavy atom. The van der Waals surface area contributed by atoms with Crippen LogP contribution in [0.25, 0.3) is 0 Å². The quantitative estimate of drug-likeness (QED) is 0.513. The molecule has 0 radical (unpaired) electrons. The van der Waals surface area contributed by atoms with Crippen LogP contribution in [0.15, 0.2) is 0 Å². The first kappa shape index (κ1) is 22.8. The summed E-state index contributed by atoms with van der Waals surface area (Å²) in [5.74, 6) is 0.729. The molecule has 1 saturated carbocycles. The van der Waals surface area contributed by atoms with Crippen LogP contribution in [-0.4, -0.2) is 52.9 Å². The normalized spacial score (nSPS) is 20.5. The number of amides is 3. The molecule has 1 aromatic heterocycles. The Hall–Kier alpha value is -1.87. The smallest absolute Gasteiger partial charge is 0.318 e. The maximum absolute atomic E-state index is 13.2. The van der Waals surface area contributed by atoms with Crippen LogP contribution in [0.3, 0.4) is 0 Å². The van der Waals surface area contributed by atoms with Crippen molar-refractivity contribution in [2.24, 2.45) is 5.92 Å². The van der Waals surface area contributed by atoms with Crippen molar-refractivity contribution in [2.75, 3.05) is 11.9 Å². The van der Waals surface area contributed by atoms with E-state index in [4.69, 9.17) is 0 Å². The SMILES string of the molecule is CC(C)C(CO)NC(=O)N1Cc2c(NC(=O)C3([Si](C)(C)C)CCC3)n[nH]c2C1(C)C. The third-order valence-electron chi connectivity index (χ3n) is 7.33. The highest BCUT2D eigenvalue weighted by molar-refractivity contribution is 6.83. The van der Waals surface area contributed by atoms with Gasteiger partial charge < -0.3 is 20.6 Å². The van der Waals surface area contributed by atoms with Gasteiger partial charge in [-0.3, -0.25) is 9.89 Å². The van der Waals surface area contributed by atoms with Crippen LogP contribution in [0.4, 0.5) is 10.6 Å². The summed E-state index contributed by atoms with van der Waals surface area (Å²) in [6.07, 6.45) is 2.98. The van der Waals surface area contributed by atoms with Crippen molar-refractivity contribution in [3.8, 4) is 0 Å². The molecule has 168 valence electrons. The second-order valence-electron chi connectivity index (χ2n) is 10.7. The number of hydrogen-bond donors (Lipinski definition) is 4. The predicted octanol–water partition coefficient (Wildman–Crippen LogP) is 3.39. The number of aromatic nitrogens is 2. The van der Waals surface area contributed by atoms with Gasteiger partial charge in [0, 0.05) is 10.6 Å². The van der Waals surface area contributed by atoms with Crippen LogP contribution in [0.2, 0.25) is 24.7 Å². The van der Waals surface area contributed by atoms with Gasteiger partial charge in [-0.15, -0.1) is 0 Å². The fraction of sp³-hybridized carbons (Fsp3) is 0.762. The Morgan fingerprint density at radius 2 is 1.90 bits per heavy atom. The molecule has 4 N–H and O–H groups in total. The van der Waals surface area contributed by atoms with E-state index in [2.05, 4.69) is 40.5 Å². The molecule has 9 heteroatoms. The minimum Gasteiger partial charge on any atom is -0.394 e.